The van der Waals surface area contributed by atoms with Crippen LogP contribution in [-0.4, -0.2) is 23.2 Å². The van der Waals surface area contributed by atoms with Crippen LogP contribution in [0.1, 0.15) is 52.9 Å². The first-order valence-corrected chi connectivity index (χ1v) is 5.86. The van der Waals surface area contributed by atoms with E-state index in [2.05, 4.69) is 5.32 Å². The Kier molecular flexibility index (Phi) is 4.14. The molecular formula is C12H23NO2. The Morgan fingerprint density at radius 2 is 1.93 bits per heavy atom. The second-order valence-electron chi connectivity index (χ2n) is 5.76. The SMILES string of the molecule is CC(C)(C)CC(=O)NC1CCCCC1O. The van der Waals surface area contributed by atoms with E-state index >= 15 is 0 Å². The van der Waals surface area contributed by atoms with Gasteiger partial charge in [-0.15, -0.1) is 0 Å². The van der Waals surface area contributed by atoms with Crippen molar-refractivity contribution >= 4 is 5.91 Å². The summed E-state index contributed by atoms with van der Waals surface area (Å²) in [6, 6.07) is -0.0198. The minimum atomic E-state index is -0.345. The summed E-state index contributed by atoms with van der Waals surface area (Å²) in [6.07, 6.45) is 4.10. The molecule has 3 heteroatoms. The Balaban J connectivity index is 2.36. The molecule has 2 unspecified atom stereocenters. The highest BCUT2D eigenvalue weighted by Gasteiger charge is 2.25. The van der Waals surface area contributed by atoms with Crippen LogP contribution >= 0.6 is 0 Å². The number of aliphatic hydroxyl groups is 1. The van der Waals surface area contributed by atoms with E-state index < -0.39 is 0 Å². The predicted molar refractivity (Wildman–Crippen MR) is 60.5 cm³/mol. The van der Waals surface area contributed by atoms with Gasteiger partial charge in [0.05, 0.1) is 12.1 Å². The number of nitrogens with one attached hydrogen (secondary N) is 1. The van der Waals surface area contributed by atoms with Crippen molar-refractivity contribution in [2.45, 2.75) is 65.0 Å². The van der Waals surface area contributed by atoms with Gasteiger partial charge in [-0.25, -0.2) is 0 Å². The van der Waals surface area contributed by atoms with Crippen molar-refractivity contribution in [3.8, 4) is 0 Å². The van der Waals surface area contributed by atoms with Crippen molar-refractivity contribution < 1.29 is 9.90 Å². The molecule has 0 radical (unpaired) electrons. The number of rotatable bonds is 2. The molecule has 0 heterocycles. The molecule has 1 fully saturated rings. The Morgan fingerprint density at radius 1 is 1.33 bits per heavy atom. The van der Waals surface area contributed by atoms with Gasteiger partial charge in [0.25, 0.3) is 0 Å². The largest absolute Gasteiger partial charge is 0.391 e. The second-order valence-corrected chi connectivity index (χ2v) is 5.76. The molecule has 2 atom stereocenters. The van der Waals surface area contributed by atoms with Gasteiger partial charge in [-0.05, 0) is 18.3 Å². The van der Waals surface area contributed by atoms with E-state index in [1.54, 1.807) is 0 Å². The number of carbonyl (C=O) groups is 1. The molecule has 0 aromatic heterocycles. The van der Waals surface area contributed by atoms with Crippen LogP contribution < -0.4 is 5.32 Å². The Bertz CT molecular complexity index is 220. The zero-order chi connectivity index (χ0) is 11.5. The third-order valence-corrected chi connectivity index (χ3v) is 2.77. The third-order valence-electron chi connectivity index (χ3n) is 2.77. The standard InChI is InChI=1S/C12H23NO2/c1-12(2,3)8-11(15)13-9-6-4-5-7-10(9)14/h9-10,14H,4-8H2,1-3H3,(H,13,15). The van der Waals surface area contributed by atoms with Crippen LogP contribution in [0.5, 0.6) is 0 Å². The van der Waals surface area contributed by atoms with Gasteiger partial charge in [-0.3, -0.25) is 4.79 Å². The van der Waals surface area contributed by atoms with E-state index in [0.29, 0.717) is 6.42 Å². The van der Waals surface area contributed by atoms with Crippen LogP contribution in [0.2, 0.25) is 0 Å². The topological polar surface area (TPSA) is 49.3 Å². The van der Waals surface area contributed by atoms with Crippen LogP contribution in [-0.2, 0) is 4.79 Å². The molecule has 1 amide bonds. The summed E-state index contributed by atoms with van der Waals surface area (Å²) in [4.78, 5) is 11.7. The van der Waals surface area contributed by atoms with Gasteiger partial charge in [0.1, 0.15) is 0 Å². The van der Waals surface area contributed by atoms with E-state index in [-0.39, 0.29) is 23.5 Å². The molecule has 0 aromatic carbocycles. The van der Waals surface area contributed by atoms with E-state index in [1.807, 2.05) is 20.8 Å². The lowest BCUT2D eigenvalue weighted by Gasteiger charge is -2.29. The molecule has 0 aliphatic heterocycles. The molecule has 1 saturated carbocycles. The molecule has 0 saturated heterocycles. The minimum absolute atomic E-state index is 0.0176. The summed E-state index contributed by atoms with van der Waals surface area (Å²) in [5, 5.41) is 12.6. The Labute approximate surface area is 92.3 Å². The molecule has 1 aliphatic carbocycles. The van der Waals surface area contributed by atoms with Crippen molar-refractivity contribution in [1.29, 1.82) is 0 Å². The maximum Gasteiger partial charge on any atom is 0.220 e. The predicted octanol–water partition coefficient (Wildman–Crippen LogP) is 1.84. The normalized spacial score (nSPS) is 27.5. The monoisotopic (exact) mass is 213 g/mol. The molecule has 0 spiro atoms. The average molecular weight is 213 g/mol. The van der Waals surface area contributed by atoms with Gasteiger partial charge < -0.3 is 10.4 Å². The molecule has 2 N–H and O–H groups in total. The van der Waals surface area contributed by atoms with E-state index in [9.17, 15) is 9.90 Å². The lowest BCUT2D eigenvalue weighted by molar-refractivity contribution is -0.124. The van der Waals surface area contributed by atoms with Crippen molar-refractivity contribution in [2.24, 2.45) is 5.41 Å². The first kappa shape index (κ1) is 12.5. The summed E-state index contributed by atoms with van der Waals surface area (Å²) in [5.74, 6) is 0.0634. The molecule has 1 aliphatic rings. The smallest absolute Gasteiger partial charge is 0.220 e. The lowest BCUT2D eigenvalue weighted by atomic mass is 9.90. The zero-order valence-electron chi connectivity index (χ0n) is 10.0. The molecule has 15 heavy (non-hydrogen) atoms. The van der Waals surface area contributed by atoms with Crippen LogP contribution in [0, 0.1) is 5.41 Å². The van der Waals surface area contributed by atoms with E-state index in [1.165, 1.54) is 0 Å². The zero-order valence-corrected chi connectivity index (χ0v) is 10.0. The fraction of sp³-hybridized carbons (Fsp3) is 0.917. The summed E-state index contributed by atoms with van der Waals surface area (Å²) >= 11 is 0. The van der Waals surface area contributed by atoms with Crippen LogP contribution in [0.4, 0.5) is 0 Å². The first-order valence-electron chi connectivity index (χ1n) is 5.86. The van der Waals surface area contributed by atoms with Crippen molar-refractivity contribution in [3.63, 3.8) is 0 Å². The first-order chi connectivity index (χ1) is 6.88. The van der Waals surface area contributed by atoms with E-state index in [4.69, 9.17) is 0 Å². The average Bonchev–Trinajstić information content (AvgIpc) is 2.05. The van der Waals surface area contributed by atoms with Gasteiger partial charge in [-0.1, -0.05) is 33.6 Å². The fourth-order valence-electron chi connectivity index (χ4n) is 2.02. The summed E-state index contributed by atoms with van der Waals surface area (Å²) in [7, 11) is 0. The summed E-state index contributed by atoms with van der Waals surface area (Å²) in [5.41, 5.74) is 0.0176. The summed E-state index contributed by atoms with van der Waals surface area (Å²) in [6.45, 7) is 6.14. The number of hydrogen-bond donors (Lipinski definition) is 2. The van der Waals surface area contributed by atoms with Crippen molar-refractivity contribution in [3.05, 3.63) is 0 Å². The van der Waals surface area contributed by atoms with Gasteiger partial charge in [0.2, 0.25) is 5.91 Å². The number of aliphatic hydroxyl groups excluding tert-OH is 1. The number of amides is 1. The molecule has 0 bridgehead atoms. The highest BCUT2D eigenvalue weighted by molar-refractivity contribution is 5.76. The summed E-state index contributed by atoms with van der Waals surface area (Å²) < 4.78 is 0. The quantitative estimate of drug-likeness (QED) is 0.735. The number of hydrogen-bond acceptors (Lipinski definition) is 2. The highest BCUT2D eigenvalue weighted by Crippen LogP contribution is 2.21. The van der Waals surface area contributed by atoms with Crippen LogP contribution in [0.3, 0.4) is 0 Å². The van der Waals surface area contributed by atoms with Crippen molar-refractivity contribution in [1.82, 2.24) is 5.32 Å². The van der Waals surface area contributed by atoms with Gasteiger partial charge in [0, 0.05) is 6.42 Å². The van der Waals surface area contributed by atoms with E-state index in [0.717, 1.165) is 25.7 Å². The molecule has 88 valence electrons. The van der Waals surface area contributed by atoms with Gasteiger partial charge in [0.15, 0.2) is 0 Å². The Morgan fingerprint density at radius 3 is 2.47 bits per heavy atom. The van der Waals surface area contributed by atoms with Crippen molar-refractivity contribution in [2.75, 3.05) is 0 Å². The molecule has 1 rings (SSSR count). The fourth-order valence-corrected chi connectivity index (χ4v) is 2.02. The maximum atomic E-state index is 11.7. The third kappa shape index (κ3) is 4.65. The van der Waals surface area contributed by atoms with Gasteiger partial charge >= 0.3 is 0 Å². The lowest BCUT2D eigenvalue weighted by Crippen LogP contribution is -2.45. The molecule has 0 aromatic rings. The minimum Gasteiger partial charge on any atom is -0.391 e. The Hall–Kier alpha value is -0.570. The maximum absolute atomic E-state index is 11.7. The molecular weight excluding hydrogens is 190 g/mol. The van der Waals surface area contributed by atoms with Crippen LogP contribution in [0.25, 0.3) is 0 Å². The molecule has 3 nitrogen and oxygen atoms in total. The number of carbonyl (C=O) groups excluding carboxylic acids is 1. The van der Waals surface area contributed by atoms with Gasteiger partial charge in [-0.2, -0.15) is 0 Å². The highest BCUT2D eigenvalue weighted by atomic mass is 16.3. The van der Waals surface area contributed by atoms with Crippen LogP contribution in [0.15, 0.2) is 0 Å². The second kappa shape index (κ2) is 4.97.